The standard InChI is InChI=1S/C20H20N4O2.HI/c1-25-19-11-10-15(13-22-19)14-23-20(21)24-16-6-5-9-18(12-16)26-17-7-3-2-4-8-17;/h2-13H,14H2,1H3,(H3,21,23,24);1H. The molecular formula is C20H21IN4O2. The molecule has 7 heteroatoms. The molecule has 0 amide bonds. The molecule has 0 radical (unpaired) electrons. The number of anilines is 1. The highest BCUT2D eigenvalue weighted by molar-refractivity contribution is 14.0. The number of hydrogen-bond acceptors (Lipinski definition) is 4. The van der Waals surface area contributed by atoms with E-state index in [1.807, 2.05) is 60.7 Å². The molecule has 1 aromatic heterocycles. The van der Waals surface area contributed by atoms with Gasteiger partial charge in [0.05, 0.1) is 13.7 Å². The maximum atomic E-state index is 5.97. The fourth-order valence-electron chi connectivity index (χ4n) is 2.25. The molecule has 0 aliphatic rings. The van der Waals surface area contributed by atoms with Crippen molar-refractivity contribution in [2.75, 3.05) is 12.4 Å². The fourth-order valence-corrected chi connectivity index (χ4v) is 2.25. The molecule has 3 N–H and O–H groups in total. The Hall–Kier alpha value is -2.81. The number of guanidine groups is 1. The predicted molar refractivity (Wildman–Crippen MR) is 118 cm³/mol. The number of methoxy groups -OCH3 is 1. The Morgan fingerprint density at radius 3 is 2.52 bits per heavy atom. The molecule has 27 heavy (non-hydrogen) atoms. The third kappa shape index (κ3) is 6.45. The number of benzene rings is 2. The second-order valence-electron chi connectivity index (χ2n) is 5.48. The van der Waals surface area contributed by atoms with Crippen molar-refractivity contribution in [2.45, 2.75) is 6.54 Å². The second-order valence-corrected chi connectivity index (χ2v) is 5.48. The number of nitrogens with zero attached hydrogens (tertiary/aromatic N) is 2. The van der Waals surface area contributed by atoms with Crippen LogP contribution in [0.25, 0.3) is 0 Å². The highest BCUT2D eigenvalue weighted by Gasteiger charge is 2.01. The smallest absolute Gasteiger partial charge is 0.212 e. The molecule has 0 aliphatic carbocycles. The summed E-state index contributed by atoms with van der Waals surface area (Å²) in [4.78, 5) is 8.46. The Labute approximate surface area is 175 Å². The topological polar surface area (TPSA) is 81.8 Å². The summed E-state index contributed by atoms with van der Waals surface area (Å²) in [5.41, 5.74) is 7.71. The van der Waals surface area contributed by atoms with Crippen molar-refractivity contribution >= 4 is 35.6 Å². The number of halogens is 1. The van der Waals surface area contributed by atoms with Crippen molar-refractivity contribution in [3.05, 3.63) is 78.5 Å². The van der Waals surface area contributed by atoms with Crippen molar-refractivity contribution < 1.29 is 9.47 Å². The minimum atomic E-state index is 0. The molecule has 6 nitrogen and oxygen atoms in total. The van der Waals surface area contributed by atoms with Crippen LogP contribution in [0.15, 0.2) is 77.9 Å². The van der Waals surface area contributed by atoms with Gasteiger partial charge in [0.15, 0.2) is 5.96 Å². The highest BCUT2D eigenvalue weighted by Crippen LogP contribution is 2.23. The zero-order valence-corrected chi connectivity index (χ0v) is 17.2. The van der Waals surface area contributed by atoms with Crippen LogP contribution < -0.4 is 20.5 Å². The lowest BCUT2D eigenvalue weighted by molar-refractivity contribution is 0.397. The number of aliphatic imine (C=N–C) groups is 1. The molecule has 2 aromatic carbocycles. The van der Waals surface area contributed by atoms with E-state index in [0.717, 1.165) is 17.0 Å². The fraction of sp³-hybridized carbons (Fsp3) is 0.100. The highest BCUT2D eigenvalue weighted by atomic mass is 127. The Bertz CT molecular complexity index is 871. The van der Waals surface area contributed by atoms with E-state index in [-0.39, 0.29) is 24.0 Å². The largest absolute Gasteiger partial charge is 0.481 e. The molecule has 0 spiro atoms. The van der Waals surface area contributed by atoms with Crippen LogP contribution in [-0.2, 0) is 6.54 Å². The first-order valence-electron chi connectivity index (χ1n) is 8.12. The van der Waals surface area contributed by atoms with Crippen molar-refractivity contribution in [1.82, 2.24) is 4.98 Å². The summed E-state index contributed by atoms with van der Waals surface area (Å²) in [5, 5.41) is 3.06. The first kappa shape index (κ1) is 20.5. The lowest BCUT2D eigenvalue weighted by Gasteiger charge is -2.09. The van der Waals surface area contributed by atoms with Crippen LogP contribution in [0.4, 0.5) is 5.69 Å². The molecule has 0 bridgehead atoms. The molecule has 0 fully saturated rings. The van der Waals surface area contributed by atoms with Crippen LogP contribution in [0.2, 0.25) is 0 Å². The van der Waals surface area contributed by atoms with E-state index in [0.29, 0.717) is 24.1 Å². The van der Waals surface area contributed by atoms with Crippen LogP contribution >= 0.6 is 24.0 Å². The first-order valence-corrected chi connectivity index (χ1v) is 8.12. The Kier molecular flexibility index (Phi) is 7.87. The van der Waals surface area contributed by atoms with Gasteiger partial charge in [-0.25, -0.2) is 9.98 Å². The summed E-state index contributed by atoms with van der Waals surface area (Å²) >= 11 is 0. The summed E-state index contributed by atoms with van der Waals surface area (Å²) in [6.45, 7) is 0.427. The van der Waals surface area contributed by atoms with Gasteiger partial charge in [0.1, 0.15) is 11.5 Å². The molecule has 0 aliphatic heterocycles. The zero-order chi connectivity index (χ0) is 18.2. The van der Waals surface area contributed by atoms with Crippen LogP contribution in [0, 0.1) is 0 Å². The summed E-state index contributed by atoms with van der Waals surface area (Å²) in [5.74, 6) is 2.38. The molecule has 3 aromatic rings. The maximum absolute atomic E-state index is 5.97. The number of hydrogen-bond donors (Lipinski definition) is 2. The monoisotopic (exact) mass is 476 g/mol. The summed E-state index contributed by atoms with van der Waals surface area (Å²) < 4.78 is 10.8. The van der Waals surface area contributed by atoms with E-state index in [4.69, 9.17) is 15.2 Å². The lowest BCUT2D eigenvalue weighted by atomic mass is 10.3. The Morgan fingerprint density at radius 2 is 1.81 bits per heavy atom. The van der Waals surface area contributed by atoms with Gasteiger partial charge in [-0.15, -0.1) is 24.0 Å². The zero-order valence-electron chi connectivity index (χ0n) is 14.8. The second kappa shape index (κ2) is 10.4. The van der Waals surface area contributed by atoms with Crippen molar-refractivity contribution in [1.29, 1.82) is 0 Å². The average molecular weight is 476 g/mol. The number of aromatic nitrogens is 1. The van der Waals surface area contributed by atoms with E-state index in [1.54, 1.807) is 19.4 Å². The minimum Gasteiger partial charge on any atom is -0.481 e. The van der Waals surface area contributed by atoms with Crippen LogP contribution in [0.3, 0.4) is 0 Å². The molecule has 140 valence electrons. The third-order valence-corrected chi connectivity index (χ3v) is 3.52. The lowest BCUT2D eigenvalue weighted by Crippen LogP contribution is -2.22. The average Bonchev–Trinajstić information content (AvgIpc) is 2.68. The van der Waals surface area contributed by atoms with Crippen LogP contribution in [-0.4, -0.2) is 18.1 Å². The Balaban J connectivity index is 0.00000261. The normalized spacial score (nSPS) is 10.6. The summed E-state index contributed by atoms with van der Waals surface area (Å²) in [6.07, 6.45) is 1.71. The molecule has 0 atom stereocenters. The molecular weight excluding hydrogens is 455 g/mol. The number of para-hydroxylation sites is 1. The first-order chi connectivity index (χ1) is 12.7. The Morgan fingerprint density at radius 1 is 1.04 bits per heavy atom. The molecule has 3 rings (SSSR count). The van der Waals surface area contributed by atoms with Crippen molar-refractivity contribution in [3.63, 3.8) is 0 Å². The van der Waals surface area contributed by atoms with E-state index < -0.39 is 0 Å². The SMILES string of the molecule is COc1ccc(CN=C(N)Nc2cccc(Oc3ccccc3)c2)cn1.I. The van der Waals surface area contributed by atoms with E-state index in [9.17, 15) is 0 Å². The van der Waals surface area contributed by atoms with Gasteiger partial charge in [-0.3, -0.25) is 0 Å². The van der Waals surface area contributed by atoms with E-state index >= 15 is 0 Å². The molecule has 0 unspecified atom stereocenters. The van der Waals surface area contributed by atoms with E-state index in [1.165, 1.54) is 0 Å². The maximum Gasteiger partial charge on any atom is 0.212 e. The van der Waals surface area contributed by atoms with Gasteiger partial charge in [-0.05, 0) is 29.8 Å². The van der Waals surface area contributed by atoms with Crippen LogP contribution in [0.5, 0.6) is 17.4 Å². The van der Waals surface area contributed by atoms with Crippen LogP contribution in [0.1, 0.15) is 5.56 Å². The van der Waals surface area contributed by atoms with Gasteiger partial charge in [0, 0.05) is 24.0 Å². The third-order valence-electron chi connectivity index (χ3n) is 3.52. The summed E-state index contributed by atoms with van der Waals surface area (Å²) in [6, 6.07) is 20.8. The summed E-state index contributed by atoms with van der Waals surface area (Å²) in [7, 11) is 1.58. The van der Waals surface area contributed by atoms with Crippen molar-refractivity contribution in [2.24, 2.45) is 10.7 Å². The van der Waals surface area contributed by atoms with Gasteiger partial charge in [0.25, 0.3) is 0 Å². The van der Waals surface area contributed by atoms with Gasteiger partial charge in [-0.2, -0.15) is 0 Å². The van der Waals surface area contributed by atoms with Crippen molar-refractivity contribution in [3.8, 4) is 17.4 Å². The molecule has 0 saturated carbocycles. The molecule has 0 saturated heterocycles. The van der Waals surface area contributed by atoms with Gasteiger partial charge in [-0.1, -0.05) is 30.3 Å². The van der Waals surface area contributed by atoms with Gasteiger partial charge >= 0.3 is 0 Å². The quantitative estimate of drug-likeness (QED) is 0.313. The number of ether oxygens (including phenoxy) is 2. The minimum absolute atomic E-state index is 0. The van der Waals surface area contributed by atoms with Gasteiger partial charge < -0.3 is 20.5 Å². The van der Waals surface area contributed by atoms with Gasteiger partial charge in [0.2, 0.25) is 5.88 Å². The molecule has 1 heterocycles. The number of nitrogens with two attached hydrogens (primary N) is 1. The number of rotatable bonds is 6. The van der Waals surface area contributed by atoms with E-state index in [2.05, 4.69) is 15.3 Å². The predicted octanol–water partition coefficient (Wildman–Crippen LogP) is 4.43. The number of nitrogens with one attached hydrogen (secondary N) is 1. The number of pyridine rings is 1.